The van der Waals surface area contributed by atoms with Crippen LogP contribution in [0.4, 0.5) is 15.3 Å². The predicted molar refractivity (Wildman–Crippen MR) is 272 cm³/mol. The number of carbonyl (C=O) groups is 7. The second kappa shape index (κ2) is 22.0. The molecule has 2 aromatic carbocycles. The Labute approximate surface area is 434 Å². The summed E-state index contributed by atoms with van der Waals surface area (Å²) in [4.78, 5) is 97.2. The number of hydrogen-bond acceptors (Lipinski definition) is 15. The number of carbonyl (C=O) groups excluding carboxylic acids is 7. The van der Waals surface area contributed by atoms with Gasteiger partial charge in [-0.2, -0.15) is 0 Å². The number of Topliss-reactive ketones (excluding diaryl/α,β-unsaturated/α-hetero) is 4. The maximum absolute atomic E-state index is 15.1. The second-order valence-electron chi connectivity index (χ2n) is 22.9. The SMILES string of the molecule is CCC(C)(C)C(=O)C(=O)C1CCCN1C(=O)OC(CCc1ccc(OC)c(OC)c1)c1cccc(NC(=O)C(N)CCNC(=O)OC2C(=O)C3(C)C(O)CC4OC(C(C)=O)C4C3CC3(O)CCC(C)C2C3(C)C)c1. The summed E-state index contributed by atoms with van der Waals surface area (Å²) in [7, 11) is 3.08. The normalized spacial score (nSPS) is 30.9. The highest BCUT2D eigenvalue weighted by Crippen LogP contribution is 2.63. The summed E-state index contributed by atoms with van der Waals surface area (Å²) in [5.41, 5.74) is 3.58. The van der Waals surface area contributed by atoms with Gasteiger partial charge in [0.2, 0.25) is 17.5 Å². The van der Waals surface area contributed by atoms with Crippen LogP contribution < -0.4 is 25.8 Å². The lowest BCUT2D eigenvalue weighted by Crippen LogP contribution is -2.73. The zero-order chi connectivity index (χ0) is 54.2. The van der Waals surface area contributed by atoms with Gasteiger partial charge in [-0.05, 0) is 119 Å². The van der Waals surface area contributed by atoms with Gasteiger partial charge in [-0.15, -0.1) is 0 Å². The lowest BCUT2D eigenvalue weighted by Gasteiger charge is -2.65. The molecule has 18 heteroatoms. The quantitative estimate of drug-likeness (QED) is 0.101. The van der Waals surface area contributed by atoms with E-state index in [9.17, 15) is 39.0 Å². The number of nitrogens with two attached hydrogens (primary N) is 1. The first-order valence-electron chi connectivity index (χ1n) is 26.3. The molecule has 74 heavy (non-hydrogen) atoms. The molecule has 6 N–H and O–H groups in total. The van der Waals surface area contributed by atoms with Crippen LogP contribution in [0.25, 0.3) is 0 Å². The Morgan fingerprint density at radius 3 is 2.39 bits per heavy atom. The van der Waals surface area contributed by atoms with Gasteiger partial charge in [0.05, 0.1) is 43.5 Å². The maximum Gasteiger partial charge on any atom is 0.411 e. The van der Waals surface area contributed by atoms with E-state index in [4.69, 9.17) is 29.4 Å². The number of benzene rings is 2. The van der Waals surface area contributed by atoms with Gasteiger partial charge < -0.3 is 50.3 Å². The lowest BCUT2D eigenvalue weighted by atomic mass is 9.44. The molecule has 3 saturated carbocycles. The van der Waals surface area contributed by atoms with Crippen molar-refractivity contribution in [3.63, 3.8) is 0 Å². The summed E-state index contributed by atoms with van der Waals surface area (Å²) in [5, 5.41) is 29.8. The molecule has 13 unspecified atom stereocenters. The molecule has 0 aromatic heterocycles. The maximum atomic E-state index is 15.1. The van der Waals surface area contributed by atoms with Crippen LogP contribution in [0.3, 0.4) is 0 Å². The van der Waals surface area contributed by atoms with Crippen LogP contribution in [0.1, 0.15) is 130 Å². The lowest BCUT2D eigenvalue weighted by molar-refractivity contribution is -0.279. The van der Waals surface area contributed by atoms with E-state index in [1.165, 1.54) is 18.9 Å². The minimum absolute atomic E-state index is 0.0302. The average Bonchev–Trinajstić information content (AvgIpc) is 3.86. The number of hydrogen-bond donors (Lipinski definition) is 5. The third kappa shape index (κ3) is 10.7. The Kier molecular flexibility index (Phi) is 16.8. The summed E-state index contributed by atoms with van der Waals surface area (Å²) in [6, 6.07) is 10.2. The standard InChI is InChI=1S/C56H78N4O14/c1-11-53(4,5)48(64)45(63)37-16-13-25-60(37)52(68)73-38(19-17-32-18-20-39(70-9)40(26-32)71-10)33-14-12-15-34(27-33)59-50(66)36(57)22-24-58-51(67)74-47-44-30(2)21-23-56(69,54(44,6)7)29-35-43-41(72-46(43)31(3)61)28-42(62)55(35,8)49(47)65/h12,14-15,18,20,26-27,30,35-38,41-44,46-47,62,69H,11,13,16-17,19,21-25,28-29,57H2,1-10H3,(H,58,67)(H,59,66). The van der Waals surface area contributed by atoms with E-state index in [1.54, 1.807) is 58.2 Å². The van der Waals surface area contributed by atoms with Gasteiger partial charge >= 0.3 is 12.2 Å². The first-order chi connectivity index (χ1) is 34.8. The average molecular weight is 1030 g/mol. The summed E-state index contributed by atoms with van der Waals surface area (Å²) in [6.45, 7) is 14.3. The van der Waals surface area contributed by atoms with Crippen molar-refractivity contribution in [1.29, 1.82) is 0 Å². The molecule has 13 atom stereocenters. The number of ketones is 4. The molecule has 0 radical (unpaired) electrons. The number of aliphatic hydroxyl groups excluding tert-OH is 1. The Balaban J connectivity index is 1.03. The molecule has 3 aliphatic carbocycles. The summed E-state index contributed by atoms with van der Waals surface area (Å²) < 4.78 is 29.1. The van der Waals surface area contributed by atoms with Crippen LogP contribution in [0.15, 0.2) is 42.5 Å². The zero-order valence-electron chi connectivity index (χ0n) is 44.7. The molecule has 2 aromatic rings. The number of aliphatic hydroxyl groups is 2. The number of alkyl carbamates (subject to hydrolysis) is 1. The zero-order valence-corrected chi connectivity index (χ0v) is 44.7. The van der Waals surface area contributed by atoms with Crippen LogP contribution in [0.5, 0.6) is 11.5 Å². The van der Waals surface area contributed by atoms with Crippen molar-refractivity contribution in [2.75, 3.05) is 32.6 Å². The smallest absolute Gasteiger partial charge is 0.411 e. The van der Waals surface area contributed by atoms with E-state index in [1.807, 2.05) is 39.8 Å². The van der Waals surface area contributed by atoms with E-state index in [-0.39, 0.29) is 50.5 Å². The van der Waals surface area contributed by atoms with E-state index in [0.717, 1.165) is 5.56 Å². The Morgan fingerprint density at radius 1 is 1.00 bits per heavy atom. The fourth-order valence-corrected chi connectivity index (χ4v) is 12.7. The van der Waals surface area contributed by atoms with E-state index < -0.39 is 118 Å². The molecule has 7 rings (SSSR count). The first kappa shape index (κ1) is 56.3. The number of nitrogens with one attached hydrogen (secondary N) is 2. The summed E-state index contributed by atoms with van der Waals surface area (Å²) in [5.74, 6) is -3.08. The molecule has 5 aliphatic rings. The highest BCUT2D eigenvalue weighted by Gasteiger charge is 2.70. The van der Waals surface area contributed by atoms with Crippen molar-refractivity contribution in [3.8, 4) is 11.5 Å². The van der Waals surface area contributed by atoms with Crippen LogP contribution in [0.2, 0.25) is 0 Å². The molecule has 406 valence electrons. The summed E-state index contributed by atoms with van der Waals surface area (Å²) >= 11 is 0. The van der Waals surface area contributed by atoms with Crippen LogP contribution in [-0.2, 0) is 44.6 Å². The number of likely N-dealkylation sites (tertiary alicyclic amines) is 1. The monoisotopic (exact) mass is 1030 g/mol. The molecule has 2 bridgehead atoms. The van der Waals surface area contributed by atoms with Gasteiger partial charge in [0, 0.05) is 47.9 Å². The third-order valence-corrected chi connectivity index (χ3v) is 17.9. The van der Waals surface area contributed by atoms with E-state index in [0.29, 0.717) is 61.3 Å². The van der Waals surface area contributed by atoms with Gasteiger partial charge in [-0.1, -0.05) is 59.7 Å². The molecule has 2 heterocycles. The topological polar surface area (TPSA) is 259 Å². The first-order valence-corrected chi connectivity index (χ1v) is 26.3. The Morgan fingerprint density at radius 2 is 1.72 bits per heavy atom. The largest absolute Gasteiger partial charge is 0.493 e. The molecule has 0 spiro atoms. The van der Waals surface area contributed by atoms with Crippen molar-refractivity contribution in [2.45, 2.75) is 168 Å². The number of methoxy groups -OCH3 is 2. The van der Waals surface area contributed by atoms with Crippen LogP contribution in [0, 0.1) is 39.9 Å². The molecule has 2 aliphatic heterocycles. The van der Waals surface area contributed by atoms with Gasteiger partial charge in [0.25, 0.3) is 0 Å². The fraction of sp³-hybridized carbons (Fsp3) is 0.661. The molecule has 18 nitrogen and oxygen atoms in total. The van der Waals surface area contributed by atoms with Crippen LogP contribution >= 0.6 is 0 Å². The van der Waals surface area contributed by atoms with Gasteiger partial charge in [0.1, 0.15) is 18.2 Å². The van der Waals surface area contributed by atoms with Crippen molar-refractivity contribution in [2.24, 2.45) is 45.7 Å². The third-order valence-electron chi connectivity index (χ3n) is 17.9. The number of rotatable bonds is 18. The van der Waals surface area contributed by atoms with Crippen molar-refractivity contribution >= 4 is 46.9 Å². The van der Waals surface area contributed by atoms with Crippen molar-refractivity contribution < 1.29 is 67.5 Å². The van der Waals surface area contributed by atoms with E-state index >= 15 is 4.79 Å². The highest BCUT2D eigenvalue weighted by molar-refractivity contribution is 6.41. The molecular weight excluding hydrogens is 953 g/mol. The van der Waals surface area contributed by atoms with E-state index in [2.05, 4.69) is 10.6 Å². The van der Waals surface area contributed by atoms with Crippen molar-refractivity contribution in [3.05, 3.63) is 53.6 Å². The number of fused-ring (bicyclic) bond motifs is 5. The number of aryl methyl sites for hydroxylation is 1. The van der Waals surface area contributed by atoms with Gasteiger partial charge in [-0.25, -0.2) is 9.59 Å². The van der Waals surface area contributed by atoms with Crippen molar-refractivity contribution in [1.82, 2.24) is 10.2 Å². The molecule has 5 fully saturated rings. The number of nitrogens with zero attached hydrogens (tertiary/aromatic N) is 1. The fourth-order valence-electron chi connectivity index (χ4n) is 12.7. The molecule has 2 saturated heterocycles. The van der Waals surface area contributed by atoms with Gasteiger partial charge in [-0.3, -0.25) is 28.9 Å². The van der Waals surface area contributed by atoms with Gasteiger partial charge in [0.15, 0.2) is 29.2 Å². The highest BCUT2D eigenvalue weighted by atomic mass is 16.6. The number of amides is 3. The molecular formula is C56H78N4O14. The van der Waals surface area contributed by atoms with Crippen LogP contribution in [-0.4, -0.2) is 126 Å². The number of ether oxygens (including phenoxy) is 5. The second-order valence-corrected chi connectivity index (χ2v) is 22.9. The minimum Gasteiger partial charge on any atom is -0.493 e. The predicted octanol–water partition coefficient (Wildman–Crippen LogP) is 6.44. The molecule has 3 amide bonds. The Bertz CT molecular complexity index is 2480. The summed E-state index contributed by atoms with van der Waals surface area (Å²) in [6.07, 6.45) is -2.98. The Hall–Kier alpha value is -5.43. The minimum atomic E-state index is -1.46. The number of anilines is 1.